The lowest BCUT2D eigenvalue weighted by molar-refractivity contribution is -0.136. The van der Waals surface area contributed by atoms with Crippen LogP contribution in [0.5, 0.6) is 0 Å². The van der Waals surface area contributed by atoms with Gasteiger partial charge in [0.05, 0.1) is 0 Å². The second-order valence-corrected chi connectivity index (χ2v) is 7.99. The minimum atomic E-state index is 0. The molecule has 2 aliphatic heterocycles. The number of amides is 1. The Morgan fingerprint density at radius 3 is 2.32 bits per heavy atom. The van der Waals surface area contributed by atoms with Crippen LogP contribution in [0.1, 0.15) is 65.7 Å². The lowest BCUT2D eigenvalue weighted by Crippen LogP contribution is -2.53. The van der Waals surface area contributed by atoms with Gasteiger partial charge in [0, 0.05) is 44.7 Å². The number of hydrogen-bond donors (Lipinski definition) is 2. The van der Waals surface area contributed by atoms with Crippen LogP contribution in [0.4, 0.5) is 0 Å². The third-order valence-corrected chi connectivity index (χ3v) is 6.37. The van der Waals surface area contributed by atoms with Gasteiger partial charge in [0.2, 0.25) is 5.91 Å². The molecule has 6 nitrogen and oxygen atoms in total. The van der Waals surface area contributed by atoms with Gasteiger partial charge in [0.25, 0.3) is 0 Å². The van der Waals surface area contributed by atoms with Crippen molar-refractivity contribution in [3.05, 3.63) is 0 Å². The Labute approximate surface area is 189 Å². The minimum Gasteiger partial charge on any atom is -0.355 e. The van der Waals surface area contributed by atoms with E-state index in [9.17, 15) is 4.79 Å². The molecule has 0 bridgehead atoms. The summed E-state index contributed by atoms with van der Waals surface area (Å²) in [6.45, 7) is 11.5. The van der Waals surface area contributed by atoms with Crippen molar-refractivity contribution in [2.24, 2.45) is 10.9 Å². The zero-order valence-corrected chi connectivity index (χ0v) is 20.7. The van der Waals surface area contributed by atoms with Gasteiger partial charge in [-0.25, -0.2) is 0 Å². The molecule has 2 fully saturated rings. The molecule has 0 aromatic rings. The third-order valence-electron chi connectivity index (χ3n) is 6.37. The van der Waals surface area contributed by atoms with Crippen LogP contribution < -0.4 is 10.6 Å². The molecule has 0 aromatic carbocycles. The predicted molar refractivity (Wildman–Crippen MR) is 128 cm³/mol. The summed E-state index contributed by atoms with van der Waals surface area (Å²) in [6, 6.07) is 1.01. The van der Waals surface area contributed by atoms with Gasteiger partial charge in [-0.1, -0.05) is 27.2 Å². The molecule has 0 radical (unpaired) electrons. The van der Waals surface area contributed by atoms with Crippen LogP contribution in [0.25, 0.3) is 0 Å². The number of carbonyl (C=O) groups is 1. The lowest BCUT2D eigenvalue weighted by atomic mass is 9.98. The molecule has 1 unspecified atom stereocenters. The maximum absolute atomic E-state index is 12.5. The van der Waals surface area contributed by atoms with E-state index in [4.69, 9.17) is 0 Å². The highest BCUT2D eigenvalue weighted by Gasteiger charge is 2.27. The van der Waals surface area contributed by atoms with E-state index < -0.39 is 0 Å². The maximum atomic E-state index is 12.5. The molecule has 2 heterocycles. The molecule has 0 aromatic heterocycles. The van der Waals surface area contributed by atoms with Gasteiger partial charge in [-0.05, 0) is 51.6 Å². The molecule has 2 saturated heterocycles. The number of nitrogens with zero attached hydrogens (tertiary/aromatic N) is 3. The number of likely N-dealkylation sites (N-methyl/N-ethyl adjacent to an activating group) is 1. The Morgan fingerprint density at radius 2 is 1.75 bits per heavy atom. The van der Waals surface area contributed by atoms with Gasteiger partial charge in [0.1, 0.15) is 0 Å². The number of rotatable bonds is 7. The highest BCUT2D eigenvalue weighted by atomic mass is 127. The van der Waals surface area contributed by atoms with Gasteiger partial charge in [-0.2, -0.15) is 0 Å². The first-order chi connectivity index (χ1) is 13.1. The SMILES string of the molecule is CCC(CC)C(=O)N1CCC(NC(=NC)NCC2CCCCN2CC)CC1.I. The van der Waals surface area contributed by atoms with Crippen LogP contribution in [0.2, 0.25) is 0 Å². The molecule has 28 heavy (non-hydrogen) atoms. The Morgan fingerprint density at radius 1 is 1.07 bits per heavy atom. The van der Waals surface area contributed by atoms with E-state index in [0.717, 1.165) is 57.8 Å². The number of carbonyl (C=O) groups excluding carboxylic acids is 1. The topological polar surface area (TPSA) is 60.0 Å². The summed E-state index contributed by atoms with van der Waals surface area (Å²) in [4.78, 5) is 21.6. The van der Waals surface area contributed by atoms with Crippen molar-refractivity contribution in [1.82, 2.24) is 20.4 Å². The van der Waals surface area contributed by atoms with E-state index in [-0.39, 0.29) is 29.9 Å². The van der Waals surface area contributed by atoms with Gasteiger partial charge < -0.3 is 15.5 Å². The third kappa shape index (κ3) is 7.35. The standard InChI is InChI=1S/C21H41N5O.HI/c1-5-17(6-2)20(27)26-14-11-18(12-15-26)24-21(22-4)23-16-19-10-8-9-13-25(19)7-3;/h17-19H,5-16H2,1-4H3,(H2,22,23,24);1H. The molecule has 1 amide bonds. The Hall–Kier alpha value is -0.570. The minimum absolute atomic E-state index is 0. The number of guanidine groups is 1. The first-order valence-electron chi connectivity index (χ1n) is 11.1. The predicted octanol–water partition coefficient (Wildman–Crippen LogP) is 3.07. The van der Waals surface area contributed by atoms with Crippen molar-refractivity contribution in [1.29, 1.82) is 0 Å². The van der Waals surface area contributed by atoms with Crippen molar-refractivity contribution >= 4 is 35.8 Å². The number of aliphatic imine (C=N–C) groups is 1. The van der Waals surface area contributed by atoms with Gasteiger partial charge in [-0.3, -0.25) is 14.7 Å². The van der Waals surface area contributed by atoms with Crippen LogP contribution in [-0.4, -0.2) is 73.5 Å². The van der Waals surface area contributed by atoms with E-state index in [1.807, 2.05) is 7.05 Å². The molecule has 0 saturated carbocycles. The molecular formula is C21H42IN5O. The van der Waals surface area contributed by atoms with Crippen LogP contribution in [0, 0.1) is 5.92 Å². The van der Waals surface area contributed by atoms with E-state index in [2.05, 4.69) is 46.2 Å². The molecule has 2 aliphatic rings. The summed E-state index contributed by atoms with van der Waals surface area (Å²) in [6.07, 6.45) is 7.81. The molecule has 2 rings (SSSR count). The first kappa shape index (κ1) is 25.5. The smallest absolute Gasteiger partial charge is 0.225 e. The number of nitrogens with one attached hydrogen (secondary N) is 2. The van der Waals surface area contributed by atoms with Crippen molar-refractivity contribution in [2.45, 2.75) is 77.8 Å². The van der Waals surface area contributed by atoms with Gasteiger partial charge in [-0.15, -0.1) is 24.0 Å². The van der Waals surface area contributed by atoms with Crippen molar-refractivity contribution in [2.75, 3.05) is 39.8 Å². The van der Waals surface area contributed by atoms with Crippen molar-refractivity contribution < 1.29 is 4.79 Å². The molecule has 0 aliphatic carbocycles. The molecule has 2 N–H and O–H groups in total. The largest absolute Gasteiger partial charge is 0.355 e. The second kappa shape index (κ2) is 13.6. The van der Waals surface area contributed by atoms with Crippen LogP contribution in [0.3, 0.4) is 0 Å². The van der Waals surface area contributed by atoms with E-state index >= 15 is 0 Å². The second-order valence-electron chi connectivity index (χ2n) is 7.99. The van der Waals surface area contributed by atoms with Gasteiger partial charge >= 0.3 is 0 Å². The molecule has 0 spiro atoms. The highest BCUT2D eigenvalue weighted by molar-refractivity contribution is 14.0. The average molecular weight is 508 g/mol. The summed E-state index contributed by atoms with van der Waals surface area (Å²) >= 11 is 0. The summed E-state index contributed by atoms with van der Waals surface area (Å²) < 4.78 is 0. The molecule has 7 heteroatoms. The number of piperidine rings is 2. The average Bonchev–Trinajstić information content (AvgIpc) is 2.72. The summed E-state index contributed by atoms with van der Waals surface area (Å²) in [7, 11) is 1.85. The lowest BCUT2D eigenvalue weighted by Gasteiger charge is -2.36. The molecule has 1 atom stereocenters. The number of hydrogen-bond acceptors (Lipinski definition) is 3. The molecular weight excluding hydrogens is 465 g/mol. The van der Waals surface area contributed by atoms with Gasteiger partial charge in [0.15, 0.2) is 5.96 Å². The quantitative estimate of drug-likeness (QED) is 0.316. The first-order valence-corrected chi connectivity index (χ1v) is 11.1. The Kier molecular flexibility index (Phi) is 12.4. The Balaban J connectivity index is 0.00000392. The van der Waals surface area contributed by atoms with Crippen LogP contribution >= 0.6 is 24.0 Å². The normalized spacial score (nSPS) is 22.1. The van der Waals surface area contributed by atoms with Crippen LogP contribution in [-0.2, 0) is 4.79 Å². The van der Waals surface area contributed by atoms with Crippen molar-refractivity contribution in [3.63, 3.8) is 0 Å². The van der Waals surface area contributed by atoms with Crippen molar-refractivity contribution in [3.8, 4) is 0 Å². The van der Waals surface area contributed by atoms with E-state index in [1.165, 1.54) is 25.8 Å². The molecule has 164 valence electrons. The zero-order valence-electron chi connectivity index (χ0n) is 18.4. The fraction of sp³-hybridized carbons (Fsp3) is 0.905. The zero-order chi connectivity index (χ0) is 19.6. The maximum Gasteiger partial charge on any atom is 0.225 e. The number of likely N-dealkylation sites (tertiary alicyclic amines) is 2. The Bertz CT molecular complexity index is 475. The summed E-state index contributed by atoms with van der Waals surface area (Å²) in [5.74, 6) is 1.44. The fourth-order valence-electron chi connectivity index (χ4n) is 4.45. The highest BCUT2D eigenvalue weighted by Crippen LogP contribution is 2.18. The summed E-state index contributed by atoms with van der Waals surface area (Å²) in [5.41, 5.74) is 0. The van der Waals surface area contributed by atoms with Crippen LogP contribution in [0.15, 0.2) is 4.99 Å². The van der Waals surface area contributed by atoms with E-state index in [0.29, 0.717) is 18.0 Å². The fourth-order valence-corrected chi connectivity index (χ4v) is 4.45. The number of halogens is 1. The monoisotopic (exact) mass is 507 g/mol. The summed E-state index contributed by atoms with van der Waals surface area (Å²) in [5, 5.41) is 7.12. The van der Waals surface area contributed by atoms with E-state index in [1.54, 1.807) is 0 Å².